The number of hydrogen-bond donors (Lipinski definition) is 3. The van der Waals surface area contributed by atoms with Crippen LogP contribution in [0.25, 0.3) is 0 Å². The van der Waals surface area contributed by atoms with Crippen molar-refractivity contribution in [1.82, 2.24) is 10.2 Å². The first kappa shape index (κ1) is 13.9. The number of nitrogens with zero attached hydrogens (tertiary/aromatic N) is 1. The van der Waals surface area contributed by atoms with Crippen molar-refractivity contribution < 1.29 is 10.2 Å². The summed E-state index contributed by atoms with van der Waals surface area (Å²) >= 11 is 0. The Kier molecular flexibility index (Phi) is 5.18. The van der Waals surface area contributed by atoms with E-state index in [2.05, 4.69) is 24.2 Å². The van der Waals surface area contributed by atoms with Gasteiger partial charge in [-0.2, -0.15) is 0 Å². The molecule has 0 aromatic carbocycles. The standard InChI is InChI=1S/C12H26N2O2/c1-10-6-11(4-5-14(10)3)13-7-12(2,8-15)9-16/h10-11,13,15-16H,4-9H2,1-3H3. The third-order valence-electron chi connectivity index (χ3n) is 3.79. The molecule has 3 N–H and O–H groups in total. The second-order valence-corrected chi connectivity index (χ2v) is 5.56. The molecule has 0 spiro atoms. The summed E-state index contributed by atoms with van der Waals surface area (Å²) < 4.78 is 0. The molecule has 4 heteroatoms. The minimum atomic E-state index is -0.396. The lowest BCUT2D eigenvalue weighted by atomic mass is 9.91. The minimum Gasteiger partial charge on any atom is -0.396 e. The Morgan fingerprint density at radius 1 is 1.38 bits per heavy atom. The van der Waals surface area contributed by atoms with Gasteiger partial charge >= 0.3 is 0 Å². The normalized spacial score (nSPS) is 28.3. The van der Waals surface area contributed by atoms with Crippen LogP contribution in [0.5, 0.6) is 0 Å². The van der Waals surface area contributed by atoms with Crippen molar-refractivity contribution in [2.75, 3.05) is 33.4 Å². The highest BCUT2D eigenvalue weighted by Gasteiger charge is 2.26. The van der Waals surface area contributed by atoms with Crippen LogP contribution in [0.1, 0.15) is 26.7 Å². The Labute approximate surface area is 98.6 Å². The molecule has 0 aliphatic carbocycles. The van der Waals surface area contributed by atoms with E-state index in [-0.39, 0.29) is 13.2 Å². The fourth-order valence-electron chi connectivity index (χ4n) is 2.03. The van der Waals surface area contributed by atoms with Crippen molar-refractivity contribution in [2.24, 2.45) is 5.41 Å². The molecule has 0 radical (unpaired) electrons. The van der Waals surface area contributed by atoms with Crippen LogP contribution in [0.2, 0.25) is 0 Å². The molecule has 0 amide bonds. The summed E-state index contributed by atoms with van der Waals surface area (Å²) in [5.41, 5.74) is -0.396. The molecule has 96 valence electrons. The van der Waals surface area contributed by atoms with Crippen LogP contribution in [-0.2, 0) is 0 Å². The monoisotopic (exact) mass is 230 g/mol. The highest BCUT2D eigenvalue weighted by molar-refractivity contribution is 4.84. The second kappa shape index (κ2) is 5.96. The van der Waals surface area contributed by atoms with Crippen LogP contribution >= 0.6 is 0 Å². The van der Waals surface area contributed by atoms with Crippen LogP contribution in [0.15, 0.2) is 0 Å². The van der Waals surface area contributed by atoms with E-state index in [1.165, 1.54) is 0 Å². The van der Waals surface area contributed by atoms with Gasteiger partial charge in [0.05, 0.1) is 13.2 Å². The molecule has 0 aromatic heterocycles. The molecule has 1 fully saturated rings. The van der Waals surface area contributed by atoms with Crippen LogP contribution in [0.4, 0.5) is 0 Å². The number of aliphatic hydroxyl groups is 2. The molecule has 4 nitrogen and oxygen atoms in total. The molecular formula is C12H26N2O2. The van der Waals surface area contributed by atoms with Crippen LogP contribution in [0.3, 0.4) is 0 Å². The maximum absolute atomic E-state index is 9.20. The average Bonchev–Trinajstić information content (AvgIpc) is 2.30. The first-order valence-electron chi connectivity index (χ1n) is 6.16. The molecule has 1 saturated heterocycles. The summed E-state index contributed by atoms with van der Waals surface area (Å²) in [6.07, 6.45) is 2.29. The summed E-state index contributed by atoms with van der Waals surface area (Å²) in [5, 5.41) is 21.9. The predicted octanol–water partition coefficient (Wildman–Crippen LogP) is 0.0496. The predicted molar refractivity (Wildman–Crippen MR) is 65.4 cm³/mol. The lowest BCUT2D eigenvalue weighted by Gasteiger charge is -2.37. The zero-order valence-electron chi connectivity index (χ0n) is 10.7. The quantitative estimate of drug-likeness (QED) is 0.625. The lowest BCUT2D eigenvalue weighted by Crippen LogP contribution is -2.49. The summed E-state index contributed by atoms with van der Waals surface area (Å²) in [7, 11) is 2.16. The minimum absolute atomic E-state index is 0.0265. The van der Waals surface area contributed by atoms with Gasteiger partial charge in [0.2, 0.25) is 0 Å². The van der Waals surface area contributed by atoms with Gasteiger partial charge in [-0.3, -0.25) is 0 Å². The van der Waals surface area contributed by atoms with Crippen molar-refractivity contribution in [3.63, 3.8) is 0 Å². The second-order valence-electron chi connectivity index (χ2n) is 5.56. The molecule has 0 bridgehead atoms. The van der Waals surface area contributed by atoms with Gasteiger partial charge in [-0.05, 0) is 33.4 Å². The topological polar surface area (TPSA) is 55.7 Å². The van der Waals surface area contributed by atoms with E-state index in [9.17, 15) is 10.2 Å². The molecule has 1 heterocycles. The Morgan fingerprint density at radius 2 is 2.00 bits per heavy atom. The van der Waals surface area contributed by atoms with Gasteiger partial charge in [-0.25, -0.2) is 0 Å². The van der Waals surface area contributed by atoms with Gasteiger partial charge in [0.25, 0.3) is 0 Å². The summed E-state index contributed by atoms with van der Waals surface area (Å²) in [6, 6.07) is 1.13. The fraction of sp³-hybridized carbons (Fsp3) is 1.00. The van der Waals surface area contributed by atoms with E-state index in [1.807, 2.05) is 6.92 Å². The molecule has 2 atom stereocenters. The van der Waals surface area contributed by atoms with E-state index in [0.29, 0.717) is 18.6 Å². The maximum atomic E-state index is 9.20. The van der Waals surface area contributed by atoms with Gasteiger partial charge < -0.3 is 20.4 Å². The van der Waals surface area contributed by atoms with E-state index in [4.69, 9.17) is 0 Å². The molecule has 1 aliphatic heterocycles. The van der Waals surface area contributed by atoms with E-state index in [1.54, 1.807) is 0 Å². The van der Waals surface area contributed by atoms with Crippen LogP contribution < -0.4 is 5.32 Å². The summed E-state index contributed by atoms with van der Waals surface area (Å²) in [5.74, 6) is 0. The Balaban J connectivity index is 2.33. The SMILES string of the molecule is CC1CC(NCC(C)(CO)CO)CCN1C. The van der Waals surface area contributed by atoms with Crippen molar-refractivity contribution in [1.29, 1.82) is 0 Å². The zero-order chi connectivity index (χ0) is 12.2. The zero-order valence-corrected chi connectivity index (χ0v) is 10.7. The van der Waals surface area contributed by atoms with E-state index >= 15 is 0 Å². The molecule has 0 saturated carbocycles. The average molecular weight is 230 g/mol. The Morgan fingerprint density at radius 3 is 2.50 bits per heavy atom. The van der Waals surface area contributed by atoms with Gasteiger partial charge in [-0.1, -0.05) is 6.92 Å². The first-order chi connectivity index (χ1) is 7.50. The molecule has 1 aliphatic rings. The van der Waals surface area contributed by atoms with Crippen molar-refractivity contribution in [2.45, 2.75) is 38.8 Å². The molecule has 1 rings (SSSR count). The largest absolute Gasteiger partial charge is 0.396 e. The molecular weight excluding hydrogens is 204 g/mol. The number of rotatable bonds is 5. The van der Waals surface area contributed by atoms with Crippen LogP contribution in [0, 0.1) is 5.41 Å². The third kappa shape index (κ3) is 3.70. The summed E-state index contributed by atoms with van der Waals surface area (Å²) in [6.45, 7) is 6.00. The maximum Gasteiger partial charge on any atom is 0.0518 e. The van der Waals surface area contributed by atoms with E-state index in [0.717, 1.165) is 19.4 Å². The molecule has 0 aromatic rings. The fourth-order valence-corrected chi connectivity index (χ4v) is 2.03. The van der Waals surface area contributed by atoms with Crippen molar-refractivity contribution in [3.8, 4) is 0 Å². The first-order valence-corrected chi connectivity index (χ1v) is 6.16. The van der Waals surface area contributed by atoms with Gasteiger partial charge in [-0.15, -0.1) is 0 Å². The highest BCUT2D eigenvalue weighted by Crippen LogP contribution is 2.18. The highest BCUT2D eigenvalue weighted by atomic mass is 16.3. The number of piperidine rings is 1. The molecule has 2 unspecified atom stereocenters. The number of aliphatic hydroxyl groups excluding tert-OH is 2. The van der Waals surface area contributed by atoms with Crippen molar-refractivity contribution in [3.05, 3.63) is 0 Å². The number of hydrogen-bond acceptors (Lipinski definition) is 4. The smallest absolute Gasteiger partial charge is 0.0518 e. The third-order valence-corrected chi connectivity index (χ3v) is 3.79. The van der Waals surface area contributed by atoms with Gasteiger partial charge in [0.1, 0.15) is 0 Å². The Hall–Kier alpha value is -0.160. The van der Waals surface area contributed by atoms with Gasteiger partial charge in [0.15, 0.2) is 0 Å². The number of likely N-dealkylation sites (tertiary alicyclic amines) is 1. The van der Waals surface area contributed by atoms with Crippen LogP contribution in [-0.4, -0.2) is 60.5 Å². The molecule has 16 heavy (non-hydrogen) atoms. The van der Waals surface area contributed by atoms with Crippen molar-refractivity contribution >= 4 is 0 Å². The lowest BCUT2D eigenvalue weighted by molar-refractivity contribution is 0.0624. The van der Waals surface area contributed by atoms with E-state index < -0.39 is 5.41 Å². The summed E-state index contributed by atoms with van der Waals surface area (Å²) in [4.78, 5) is 2.37. The van der Waals surface area contributed by atoms with Gasteiger partial charge in [0, 0.05) is 24.0 Å². The number of nitrogens with one attached hydrogen (secondary N) is 1. The Bertz CT molecular complexity index is 207.